The lowest BCUT2D eigenvalue weighted by atomic mass is 10.0. The molecule has 194 valence electrons. The van der Waals surface area contributed by atoms with Gasteiger partial charge in [0.2, 0.25) is 11.8 Å². The lowest BCUT2D eigenvalue weighted by Gasteiger charge is -2.29. The van der Waals surface area contributed by atoms with Gasteiger partial charge in [0.05, 0.1) is 10.7 Å². The molecule has 0 radical (unpaired) electrons. The van der Waals surface area contributed by atoms with Gasteiger partial charge < -0.3 is 15.1 Å². The molecule has 1 aliphatic carbocycles. The summed E-state index contributed by atoms with van der Waals surface area (Å²) >= 11 is 6.48. The molecule has 2 atom stereocenters. The number of rotatable bonds is 7. The molecule has 1 aromatic heterocycles. The molecule has 0 spiro atoms. The molecular weight excluding hydrogens is 501 g/mol. The lowest BCUT2D eigenvalue weighted by Crippen LogP contribution is -2.52. The zero-order chi connectivity index (χ0) is 26.5. The summed E-state index contributed by atoms with van der Waals surface area (Å²) in [6, 6.07) is 4.60. The van der Waals surface area contributed by atoms with Gasteiger partial charge in [-0.3, -0.25) is 29.5 Å². The Morgan fingerprint density at radius 2 is 2.05 bits per heavy atom. The SMILES string of the molecule is CN(C)Cc1cnc([C@@H](NC(=O)c2ccc3c(c2)CN([C@H]2CCC(=O)NC2=O)C3=O)C2(F)CC2)c(Cl)c1. The summed E-state index contributed by atoms with van der Waals surface area (Å²) in [6.45, 7) is 0.757. The van der Waals surface area contributed by atoms with Crippen LogP contribution in [-0.2, 0) is 22.7 Å². The number of halogens is 2. The number of alkyl halides is 1. The number of carbonyl (C=O) groups excluding carboxylic acids is 4. The van der Waals surface area contributed by atoms with Crippen molar-refractivity contribution in [1.82, 2.24) is 25.4 Å². The summed E-state index contributed by atoms with van der Waals surface area (Å²) in [5.74, 6) is -1.71. The van der Waals surface area contributed by atoms with Crippen molar-refractivity contribution >= 4 is 35.2 Å². The molecule has 2 aromatic rings. The summed E-state index contributed by atoms with van der Waals surface area (Å²) in [4.78, 5) is 57.7. The second-order valence-electron chi connectivity index (χ2n) is 10.2. The van der Waals surface area contributed by atoms with E-state index in [4.69, 9.17) is 11.6 Å². The van der Waals surface area contributed by atoms with Crippen LogP contribution in [0.4, 0.5) is 4.39 Å². The molecule has 1 aromatic carbocycles. The van der Waals surface area contributed by atoms with Gasteiger partial charge in [-0.25, -0.2) is 4.39 Å². The van der Waals surface area contributed by atoms with Gasteiger partial charge in [0.15, 0.2) is 0 Å². The molecule has 1 saturated heterocycles. The van der Waals surface area contributed by atoms with Crippen molar-refractivity contribution in [3.63, 3.8) is 0 Å². The molecule has 2 aliphatic heterocycles. The van der Waals surface area contributed by atoms with Crippen LogP contribution in [0.2, 0.25) is 5.02 Å². The van der Waals surface area contributed by atoms with Gasteiger partial charge in [0.25, 0.3) is 11.8 Å². The fourth-order valence-corrected chi connectivity index (χ4v) is 5.23. The summed E-state index contributed by atoms with van der Waals surface area (Å²) < 4.78 is 15.4. The Morgan fingerprint density at radius 3 is 2.70 bits per heavy atom. The minimum absolute atomic E-state index is 0.138. The monoisotopic (exact) mass is 527 g/mol. The van der Waals surface area contributed by atoms with Crippen LogP contribution >= 0.6 is 11.6 Å². The van der Waals surface area contributed by atoms with Gasteiger partial charge in [0.1, 0.15) is 17.8 Å². The van der Waals surface area contributed by atoms with Crippen LogP contribution < -0.4 is 10.6 Å². The van der Waals surface area contributed by atoms with Crippen molar-refractivity contribution in [2.75, 3.05) is 14.1 Å². The van der Waals surface area contributed by atoms with Crippen molar-refractivity contribution in [1.29, 1.82) is 0 Å². The average Bonchev–Trinajstić information content (AvgIpc) is 3.50. The first-order valence-electron chi connectivity index (χ1n) is 12.1. The number of nitrogens with zero attached hydrogens (tertiary/aromatic N) is 3. The maximum Gasteiger partial charge on any atom is 0.255 e. The fourth-order valence-electron chi connectivity index (χ4n) is 4.93. The number of amides is 4. The molecular formula is C26H27ClFN5O4. The molecule has 0 unspecified atom stereocenters. The summed E-state index contributed by atoms with van der Waals surface area (Å²) in [7, 11) is 3.83. The number of imide groups is 1. The maximum atomic E-state index is 15.4. The summed E-state index contributed by atoms with van der Waals surface area (Å²) in [6.07, 6.45) is 2.61. The predicted molar refractivity (Wildman–Crippen MR) is 132 cm³/mol. The highest BCUT2D eigenvalue weighted by atomic mass is 35.5. The van der Waals surface area contributed by atoms with Gasteiger partial charge in [-0.15, -0.1) is 0 Å². The highest BCUT2D eigenvalue weighted by Crippen LogP contribution is 2.50. The number of aromatic nitrogens is 1. The molecule has 0 bridgehead atoms. The normalized spacial score (nSPS) is 21.1. The van der Waals surface area contributed by atoms with Gasteiger partial charge in [0, 0.05) is 36.8 Å². The number of pyridine rings is 1. The van der Waals surface area contributed by atoms with Crippen LogP contribution in [0.3, 0.4) is 0 Å². The van der Waals surface area contributed by atoms with Crippen LogP contribution in [-0.4, -0.2) is 64.2 Å². The maximum absolute atomic E-state index is 15.4. The van der Waals surface area contributed by atoms with E-state index < -0.39 is 29.6 Å². The van der Waals surface area contributed by atoms with E-state index in [2.05, 4.69) is 15.6 Å². The van der Waals surface area contributed by atoms with Gasteiger partial charge in [-0.05, 0) is 68.8 Å². The molecule has 1 saturated carbocycles. The van der Waals surface area contributed by atoms with Crippen LogP contribution in [0, 0.1) is 0 Å². The number of nitrogens with one attached hydrogen (secondary N) is 2. The molecule has 2 fully saturated rings. The molecule has 5 rings (SSSR count). The van der Waals surface area contributed by atoms with E-state index in [1.54, 1.807) is 18.3 Å². The Hall–Kier alpha value is -3.37. The topological polar surface area (TPSA) is 112 Å². The Bertz CT molecular complexity index is 1310. The van der Waals surface area contributed by atoms with E-state index >= 15 is 4.39 Å². The Morgan fingerprint density at radius 1 is 1.30 bits per heavy atom. The lowest BCUT2D eigenvalue weighted by molar-refractivity contribution is -0.136. The quantitative estimate of drug-likeness (QED) is 0.535. The summed E-state index contributed by atoms with van der Waals surface area (Å²) in [5.41, 5.74) is 0.748. The van der Waals surface area contributed by atoms with E-state index in [9.17, 15) is 19.2 Å². The van der Waals surface area contributed by atoms with Crippen molar-refractivity contribution in [2.24, 2.45) is 0 Å². The van der Waals surface area contributed by atoms with Gasteiger partial charge in [-0.1, -0.05) is 11.6 Å². The first-order valence-corrected chi connectivity index (χ1v) is 12.5. The van der Waals surface area contributed by atoms with E-state index in [1.807, 2.05) is 19.0 Å². The van der Waals surface area contributed by atoms with Crippen LogP contribution in [0.25, 0.3) is 0 Å². The van der Waals surface area contributed by atoms with Gasteiger partial charge in [-0.2, -0.15) is 0 Å². The minimum atomic E-state index is -1.63. The number of piperidine rings is 1. The van der Waals surface area contributed by atoms with Crippen molar-refractivity contribution in [3.05, 3.63) is 63.4 Å². The Labute approximate surface area is 218 Å². The highest BCUT2D eigenvalue weighted by Gasteiger charge is 2.53. The number of hydrogen-bond acceptors (Lipinski definition) is 6. The van der Waals surface area contributed by atoms with Crippen molar-refractivity contribution in [2.45, 2.75) is 56.5 Å². The number of hydrogen-bond donors (Lipinski definition) is 2. The van der Waals surface area contributed by atoms with Gasteiger partial charge >= 0.3 is 0 Å². The second-order valence-corrected chi connectivity index (χ2v) is 10.6. The molecule has 4 amide bonds. The Balaban J connectivity index is 1.35. The van der Waals surface area contributed by atoms with Crippen molar-refractivity contribution < 1.29 is 23.6 Å². The highest BCUT2D eigenvalue weighted by molar-refractivity contribution is 6.31. The number of benzene rings is 1. The number of fused-ring (bicyclic) bond motifs is 1. The van der Waals surface area contributed by atoms with E-state index in [1.165, 1.54) is 17.0 Å². The van der Waals surface area contributed by atoms with Crippen LogP contribution in [0.1, 0.15) is 69.3 Å². The van der Waals surface area contributed by atoms with E-state index in [0.717, 1.165) is 5.56 Å². The number of carbonyl (C=O) groups is 4. The van der Waals surface area contributed by atoms with E-state index in [0.29, 0.717) is 17.7 Å². The first kappa shape index (κ1) is 25.3. The third-order valence-electron chi connectivity index (χ3n) is 7.00. The molecule has 37 heavy (non-hydrogen) atoms. The molecule has 9 nitrogen and oxygen atoms in total. The Kier molecular flexibility index (Phi) is 6.49. The second kappa shape index (κ2) is 9.50. The van der Waals surface area contributed by atoms with Crippen LogP contribution in [0.15, 0.2) is 30.5 Å². The predicted octanol–water partition coefficient (Wildman–Crippen LogP) is 2.53. The average molecular weight is 528 g/mol. The third kappa shape index (κ3) is 4.95. The smallest absolute Gasteiger partial charge is 0.255 e. The fraction of sp³-hybridized carbons (Fsp3) is 0.423. The largest absolute Gasteiger partial charge is 0.340 e. The zero-order valence-corrected chi connectivity index (χ0v) is 21.3. The molecule has 3 aliphatic rings. The minimum Gasteiger partial charge on any atom is -0.340 e. The van der Waals surface area contributed by atoms with Crippen LogP contribution in [0.5, 0.6) is 0 Å². The van der Waals surface area contributed by atoms with Crippen molar-refractivity contribution in [3.8, 4) is 0 Å². The third-order valence-corrected chi connectivity index (χ3v) is 7.31. The van der Waals surface area contributed by atoms with E-state index in [-0.39, 0.29) is 60.3 Å². The molecule has 3 heterocycles. The standard InChI is InChI=1S/C26H27ClFN5O4/c1-32(2)12-14-9-18(27)21(29-11-14)22(26(28)7-8-26)31-23(35)15-3-4-17-16(10-15)13-33(25(17)37)19-5-6-20(34)30-24(19)36/h3-4,9-11,19,22H,5-8,12-13H2,1-2H3,(H,31,35)(H,30,34,36)/t19-,22+/m0/s1. The first-order chi connectivity index (χ1) is 17.6. The zero-order valence-electron chi connectivity index (χ0n) is 20.5. The summed E-state index contributed by atoms with van der Waals surface area (Å²) in [5, 5.41) is 5.32. The molecule has 11 heteroatoms. The molecule has 2 N–H and O–H groups in total.